The van der Waals surface area contributed by atoms with Crippen LogP contribution in [0.3, 0.4) is 0 Å². The van der Waals surface area contributed by atoms with Gasteiger partial charge in [-0.2, -0.15) is 0 Å². The van der Waals surface area contributed by atoms with Gasteiger partial charge in [0.2, 0.25) is 0 Å². The fourth-order valence-electron chi connectivity index (χ4n) is 10.1. The van der Waals surface area contributed by atoms with Crippen LogP contribution in [0.2, 0.25) is 0 Å². The van der Waals surface area contributed by atoms with Crippen molar-refractivity contribution in [3.8, 4) is 55.6 Å². The van der Waals surface area contributed by atoms with Crippen molar-refractivity contribution in [3.05, 3.63) is 186 Å². The first-order valence-electron chi connectivity index (χ1n) is 19.5. The van der Waals surface area contributed by atoms with E-state index in [1.807, 2.05) is 0 Å². The smallest absolute Gasteiger partial charge is 0.0705 e. The molecule has 1 heteroatoms. The van der Waals surface area contributed by atoms with E-state index >= 15 is 0 Å². The molecule has 0 amide bonds. The lowest BCUT2D eigenvalue weighted by Gasteiger charge is -2.23. The molecule has 55 heavy (non-hydrogen) atoms. The van der Waals surface area contributed by atoms with Gasteiger partial charge in [-0.3, -0.25) is 4.98 Å². The molecule has 1 aromatic heterocycles. The molecule has 11 rings (SSSR count). The van der Waals surface area contributed by atoms with Gasteiger partial charge in [0.1, 0.15) is 0 Å². The van der Waals surface area contributed by atoms with E-state index in [-0.39, 0.29) is 10.8 Å². The fraction of sp³-hybridized carbons (Fsp3) is 0.130. The van der Waals surface area contributed by atoms with Crippen LogP contribution in [0.15, 0.2) is 158 Å². The number of aryl methyl sites for hydroxylation is 1. The van der Waals surface area contributed by atoms with Crippen LogP contribution in [0.5, 0.6) is 0 Å². The minimum Gasteiger partial charge on any atom is -0.253 e. The molecule has 0 saturated carbocycles. The van der Waals surface area contributed by atoms with Gasteiger partial charge in [0, 0.05) is 21.9 Å². The topological polar surface area (TPSA) is 12.9 Å². The van der Waals surface area contributed by atoms with Crippen LogP contribution >= 0.6 is 0 Å². The molecule has 0 saturated heterocycles. The van der Waals surface area contributed by atoms with Crippen LogP contribution in [0, 0.1) is 6.92 Å². The quantitative estimate of drug-likeness (QED) is 0.167. The van der Waals surface area contributed by atoms with E-state index < -0.39 is 0 Å². The van der Waals surface area contributed by atoms with Gasteiger partial charge in [-0.05, 0) is 143 Å². The first-order chi connectivity index (χ1) is 26.7. The van der Waals surface area contributed by atoms with E-state index in [4.69, 9.17) is 4.98 Å². The molecular weight excluding hydrogens is 663 g/mol. The Kier molecular flexibility index (Phi) is 6.64. The van der Waals surface area contributed by atoms with Crippen LogP contribution in [-0.4, -0.2) is 4.98 Å². The molecule has 1 heterocycles. The van der Waals surface area contributed by atoms with E-state index in [2.05, 4.69) is 192 Å². The zero-order valence-corrected chi connectivity index (χ0v) is 32.0. The molecule has 1 nitrogen and oxygen atoms in total. The minimum absolute atomic E-state index is 0.0639. The molecule has 0 atom stereocenters. The second-order valence-electron chi connectivity index (χ2n) is 16.8. The number of hydrogen-bond donors (Lipinski definition) is 0. The number of pyridine rings is 1. The Morgan fingerprint density at radius 1 is 0.364 bits per heavy atom. The molecule has 0 spiro atoms. The Labute approximate surface area is 323 Å². The van der Waals surface area contributed by atoms with Gasteiger partial charge in [-0.25, -0.2) is 0 Å². The van der Waals surface area contributed by atoms with Gasteiger partial charge in [0.05, 0.1) is 5.52 Å². The number of aromatic nitrogens is 1. The van der Waals surface area contributed by atoms with Crippen molar-refractivity contribution in [2.24, 2.45) is 0 Å². The summed E-state index contributed by atoms with van der Waals surface area (Å²) in [5.41, 5.74) is 20.4. The summed E-state index contributed by atoms with van der Waals surface area (Å²) in [4.78, 5) is 4.84. The van der Waals surface area contributed by atoms with E-state index in [0.717, 1.165) is 16.6 Å². The van der Waals surface area contributed by atoms with Crippen LogP contribution in [0.1, 0.15) is 55.6 Å². The first-order valence-corrected chi connectivity index (χ1v) is 19.5. The monoisotopic (exact) mass is 703 g/mol. The molecule has 0 bridgehead atoms. The third-order valence-corrected chi connectivity index (χ3v) is 12.9. The molecule has 0 radical (unpaired) electrons. The maximum Gasteiger partial charge on any atom is 0.0705 e. The summed E-state index contributed by atoms with van der Waals surface area (Å²) in [6.07, 6.45) is 0. The average Bonchev–Trinajstić information content (AvgIpc) is 3.58. The second-order valence-corrected chi connectivity index (χ2v) is 16.8. The summed E-state index contributed by atoms with van der Waals surface area (Å²) in [6.45, 7) is 11.5. The van der Waals surface area contributed by atoms with E-state index in [0.29, 0.717) is 0 Å². The predicted octanol–water partition coefficient (Wildman–Crippen LogP) is 14.5. The van der Waals surface area contributed by atoms with Gasteiger partial charge in [-0.1, -0.05) is 149 Å². The summed E-state index contributed by atoms with van der Waals surface area (Å²) in [6, 6.07) is 59.5. The van der Waals surface area contributed by atoms with Crippen molar-refractivity contribution >= 4 is 32.4 Å². The van der Waals surface area contributed by atoms with Crippen molar-refractivity contribution in [1.29, 1.82) is 0 Å². The third kappa shape index (κ3) is 4.56. The maximum absolute atomic E-state index is 4.84. The Hall–Kier alpha value is -6.31. The van der Waals surface area contributed by atoms with Crippen LogP contribution in [0.25, 0.3) is 88.1 Å². The normalized spacial score (nSPS) is 14.6. The van der Waals surface area contributed by atoms with Gasteiger partial charge < -0.3 is 0 Å². The molecule has 0 N–H and O–H groups in total. The Morgan fingerprint density at radius 2 is 0.836 bits per heavy atom. The van der Waals surface area contributed by atoms with E-state index in [1.165, 1.54) is 99.4 Å². The zero-order chi connectivity index (χ0) is 37.2. The van der Waals surface area contributed by atoms with Gasteiger partial charge in [-0.15, -0.1) is 0 Å². The highest BCUT2D eigenvalue weighted by atomic mass is 14.7. The van der Waals surface area contributed by atoms with Gasteiger partial charge in [0.15, 0.2) is 0 Å². The lowest BCUT2D eigenvalue weighted by molar-refractivity contribution is 0.660. The second kappa shape index (κ2) is 11.4. The van der Waals surface area contributed by atoms with Crippen molar-refractivity contribution in [2.75, 3.05) is 0 Å². The summed E-state index contributed by atoms with van der Waals surface area (Å²) in [5, 5.41) is 6.21. The zero-order valence-electron chi connectivity index (χ0n) is 32.0. The molecule has 0 unspecified atom stereocenters. The standard InChI is InChI=1S/C54H41N/c1-32-18-19-35-28-36(23-27-50(35)55-32)51-42-14-6-7-15-43(42)52(37-22-25-41-39-13-9-11-17-47(39)54(4,5)49(41)31-37)45-29-33(21-26-44(45)51)34-20-24-40-38-12-8-10-16-46(38)53(2,3)48(40)30-34/h6-31H,1-5H3. The number of rotatable bonds is 3. The van der Waals surface area contributed by atoms with Crippen LogP contribution in [-0.2, 0) is 10.8 Å². The van der Waals surface area contributed by atoms with Gasteiger partial charge in [0.25, 0.3) is 0 Å². The molecule has 8 aromatic carbocycles. The van der Waals surface area contributed by atoms with Crippen molar-refractivity contribution < 1.29 is 0 Å². The highest BCUT2D eigenvalue weighted by Crippen LogP contribution is 2.53. The Bertz CT molecular complexity index is 3100. The number of fused-ring (bicyclic) bond motifs is 9. The number of nitrogens with zero attached hydrogens (tertiary/aromatic N) is 1. The van der Waals surface area contributed by atoms with Crippen molar-refractivity contribution in [1.82, 2.24) is 4.98 Å². The lowest BCUT2D eigenvalue weighted by atomic mass is 9.80. The average molecular weight is 704 g/mol. The largest absolute Gasteiger partial charge is 0.253 e. The molecule has 0 fully saturated rings. The third-order valence-electron chi connectivity index (χ3n) is 12.9. The molecule has 2 aliphatic carbocycles. The highest BCUT2D eigenvalue weighted by Gasteiger charge is 2.36. The van der Waals surface area contributed by atoms with Crippen molar-refractivity contribution in [2.45, 2.75) is 45.4 Å². The lowest BCUT2D eigenvalue weighted by Crippen LogP contribution is -2.14. The highest BCUT2D eigenvalue weighted by molar-refractivity contribution is 6.22. The van der Waals surface area contributed by atoms with E-state index in [9.17, 15) is 0 Å². The molecule has 262 valence electrons. The van der Waals surface area contributed by atoms with E-state index in [1.54, 1.807) is 0 Å². The number of hydrogen-bond acceptors (Lipinski definition) is 1. The van der Waals surface area contributed by atoms with Crippen LogP contribution < -0.4 is 0 Å². The van der Waals surface area contributed by atoms with Crippen LogP contribution in [0.4, 0.5) is 0 Å². The summed E-state index contributed by atoms with van der Waals surface area (Å²) < 4.78 is 0. The summed E-state index contributed by atoms with van der Waals surface area (Å²) in [7, 11) is 0. The molecular formula is C54H41N. The minimum atomic E-state index is -0.0923. The fourth-order valence-corrected chi connectivity index (χ4v) is 10.1. The summed E-state index contributed by atoms with van der Waals surface area (Å²) in [5.74, 6) is 0. The SMILES string of the molecule is Cc1ccc2cc(-c3c4ccccc4c(-c4ccc5c(c4)C(C)(C)c4ccccc4-5)c4cc(-c5ccc6c(c5)C(C)(C)c5ccccc5-6)ccc34)ccc2n1. The Balaban J connectivity index is 1.19. The molecule has 9 aromatic rings. The summed E-state index contributed by atoms with van der Waals surface area (Å²) >= 11 is 0. The maximum atomic E-state index is 4.84. The van der Waals surface area contributed by atoms with Crippen molar-refractivity contribution in [3.63, 3.8) is 0 Å². The molecule has 0 aliphatic heterocycles. The first kappa shape index (κ1) is 32.1. The van der Waals surface area contributed by atoms with Gasteiger partial charge >= 0.3 is 0 Å². The number of benzene rings is 8. The predicted molar refractivity (Wildman–Crippen MR) is 233 cm³/mol. The molecule has 2 aliphatic rings. The Morgan fingerprint density at radius 3 is 1.51 bits per heavy atom.